The minimum absolute atomic E-state index is 0.0448. The SMILES string of the molecule is CCNC(=NCC1CC(=O)Nc2ccccc21)NCCOc1cccc(C)c1. The highest BCUT2D eigenvalue weighted by atomic mass is 16.5. The molecule has 2 aromatic carbocycles. The van der Waals surface area contributed by atoms with Crippen LogP contribution in [0.1, 0.15) is 30.4 Å². The molecule has 0 saturated heterocycles. The number of carbonyl (C=O) groups is 1. The summed E-state index contributed by atoms with van der Waals surface area (Å²) >= 11 is 0. The summed E-state index contributed by atoms with van der Waals surface area (Å²) < 4.78 is 5.77. The summed E-state index contributed by atoms with van der Waals surface area (Å²) in [4.78, 5) is 16.7. The van der Waals surface area contributed by atoms with Gasteiger partial charge < -0.3 is 20.7 Å². The lowest BCUT2D eigenvalue weighted by atomic mass is 9.91. The second kappa shape index (κ2) is 9.78. The molecule has 6 nitrogen and oxygen atoms in total. The molecular formula is C22H28N4O2. The Bertz CT molecular complexity index is 835. The van der Waals surface area contributed by atoms with Crippen LogP contribution < -0.4 is 20.7 Å². The number of para-hydroxylation sites is 1. The highest BCUT2D eigenvalue weighted by Crippen LogP contribution is 2.31. The molecule has 2 aromatic rings. The molecular weight excluding hydrogens is 352 g/mol. The number of hydrogen-bond acceptors (Lipinski definition) is 3. The second-order valence-corrected chi connectivity index (χ2v) is 6.85. The molecule has 0 bridgehead atoms. The first-order valence-corrected chi connectivity index (χ1v) is 9.76. The quantitative estimate of drug-likeness (QED) is 0.392. The van der Waals surface area contributed by atoms with Crippen LogP contribution in [0.25, 0.3) is 0 Å². The van der Waals surface area contributed by atoms with Crippen LogP contribution in [0.2, 0.25) is 0 Å². The number of rotatable bonds is 7. The molecule has 3 rings (SSSR count). The van der Waals surface area contributed by atoms with Gasteiger partial charge >= 0.3 is 0 Å². The third-order valence-corrected chi connectivity index (χ3v) is 4.57. The molecule has 0 spiro atoms. The molecule has 1 aliphatic heterocycles. The van der Waals surface area contributed by atoms with Gasteiger partial charge in [0.1, 0.15) is 12.4 Å². The summed E-state index contributed by atoms with van der Waals surface area (Å²) in [5.41, 5.74) is 3.21. The average Bonchev–Trinajstić information content (AvgIpc) is 2.69. The molecule has 0 saturated carbocycles. The van der Waals surface area contributed by atoms with Crippen molar-refractivity contribution in [2.24, 2.45) is 4.99 Å². The van der Waals surface area contributed by atoms with Crippen LogP contribution in [-0.4, -0.2) is 38.1 Å². The predicted molar refractivity (Wildman–Crippen MR) is 113 cm³/mol. The van der Waals surface area contributed by atoms with Crippen LogP contribution in [0.5, 0.6) is 5.75 Å². The number of amides is 1. The number of hydrogen-bond donors (Lipinski definition) is 3. The van der Waals surface area contributed by atoms with Crippen molar-refractivity contribution in [3.63, 3.8) is 0 Å². The number of ether oxygens (including phenoxy) is 1. The third kappa shape index (κ3) is 5.49. The number of carbonyl (C=O) groups excluding carboxylic acids is 1. The molecule has 3 N–H and O–H groups in total. The second-order valence-electron chi connectivity index (χ2n) is 6.85. The van der Waals surface area contributed by atoms with Crippen molar-refractivity contribution in [3.8, 4) is 5.75 Å². The summed E-state index contributed by atoms with van der Waals surface area (Å²) in [6.45, 7) is 6.59. The van der Waals surface area contributed by atoms with Crippen LogP contribution in [-0.2, 0) is 4.79 Å². The van der Waals surface area contributed by atoms with Gasteiger partial charge in [-0.05, 0) is 43.2 Å². The molecule has 1 amide bonds. The Morgan fingerprint density at radius 3 is 2.89 bits per heavy atom. The summed E-state index contributed by atoms with van der Waals surface area (Å²) in [6.07, 6.45) is 0.455. The normalized spacial score (nSPS) is 16.1. The molecule has 1 aliphatic rings. The summed E-state index contributed by atoms with van der Waals surface area (Å²) in [5.74, 6) is 1.74. The van der Waals surface area contributed by atoms with Crippen LogP contribution in [0.4, 0.5) is 5.69 Å². The van der Waals surface area contributed by atoms with Crippen molar-refractivity contribution >= 4 is 17.6 Å². The molecule has 1 unspecified atom stereocenters. The Morgan fingerprint density at radius 2 is 2.07 bits per heavy atom. The smallest absolute Gasteiger partial charge is 0.225 e. The van der Waals surface area contributed by atoms with Gasteiger partial charge in [0.05, 0.1) is 13.1 Å². The van der Waals surface area contributed by atoms with E-state index in [1.54, 1.807) is 0 Å². The first-order valence-electron chi connectivity index (χ1n) is 9.76. The molecule has 1 heterocycles. The number of guanidine groups is 1. The molecule has 148 valence electrons. The van der Waals surface area contributed by atoms with E-state index in [-0.39, 0.29) is 11.8 Å². The van der Waals surface area contributed by atoms with Crippen molar-refractivity contribution in [2.45, 2.75) is 26.2 Å². The van der Waals surface area contributed by atoms with Crippen molar-refractivity contribution < 1.29 is 9.53 Å². The predicted octanol–water partition coefficient (Wildman–Crippen LogP) is 3.05. The molecule has 1 atom stereocenters. The highest BCUT2D eigenvalue weighted by Gasteiger charge is 2.24. The molecule has 0 aliphatic carbocycles. The minimum atomic E-state index is 0.0448. The van der Waals surface area contributed by atoms with Crippen molar-refractivity contribution in [1.29, 1.82) is 0 Å². The summed E-state index contributed by atoms with van der Waals surface area (Å²) in [7, 11) is 0. The molecule has 6 heteroatoms. The van der Waals surface area contributed by atoms with Gasteiger partial charge in [0.2, 0.25) is 5.91 Å². The number of benzene rings is 2. The molecule has 28 heavy (non-hydrogen) atoms. The Balaban J connectivity index is 1.55. The Hall–Kier alpha value is -3.02. The van der Waals surface area contributed by atoms with Gasteiger partial charge in [0, 0.05) is 24.6 Å². The van der Waals surface area contributed by atoms with E-state index < -0.39 is 0 Å². The van der Waals surface area contributed by atoms with Gasteiger partial charge in [-0.25, -0.2) is 0 Å². The Kier molecular flexibility index (Phi) is 6.89. The topological polar surface area (TPSA) is 74.8 Å². The molecule has 0 fully saturated rings. The largest absolute Gasteiger partial charge is 0.492 e. The van der Waals surface area contributed by atoms with E-state index in [0.717, 1.165) is 29.5 Å². The van der Waals surface area contributed by atoms with Crippen LogP contribution in [0.3, 0.4) is 0 Å². The zero-order chi connectivity index (χ0) is 19.8. The maximum atomic E-state index is 12.0. The third-order valence-electron chi connectivity index (χ3n) is 4.57. The Labute approximate surface area is 166 Å². The van der Waals surface area contributed by atoms with E-state index in [9.17, 15) is 4.79 Å². The van der Waals surface area contributed by atoms with E-state index >= 15 is 0 Å². The number of fused-ring (bicyclic) bond motifs is 1. The zero-order valence-electron chi connectivity index (χ0n) is 16.5. The van der Waals surface area contributed by atoms with E-state index in [4.69, 9.17) is 4.74 Å². The monoisotopic (exact) mass is 380 g/mol. The Morgan fingerprint density at radius 1 is 1.21 bits per heavy atom. The first-order chi connectivity index (χ1) is 13.7. The number of nitrogens with zero attached hydrogens (tertiary/aromatic N) is 1. The standard InChI is InChI=1S/C22H28N4O2/c1-3-23-22(24-11-12-28-18-8-6-7-16(2)13-18)25-15-17-14-21(27)26-20-10-5-4-9-19(17)20/h4-10,13,17H,3,11-12,14-15H2,1-2H3,(H,26,27)(H2,23,24,25). The zero-order valence-corrected chi connectivity index (χ0v) is 16.5. The number of aliphatic imine (C=N–C) groups is 1. The van der Waals surface area contributed by atoms with E-state index in [1.165, 1.54) is 5.56 Å². The average molecular weight is 380 g/mol. The van der Waals surface area contributed by atoms with Gasteiger partial charge in [-0.3, -0.25) is 9.79 Å². The first kappa shape index (κ1) is 19.7. The lowest BCUT2D eigenvalue weighted by molar-refractivity contribution is -0.116. The molecule has 0 aromatic heterocycles. The van der Waals surface area contributed by atoms with Gasteiger partial charge in [0.25, 0.3) is 0 Å². The highest BCUT2D eigenvalue weighted by molar-refractivity contribution is 5.94. The summed E-state index contributed by atoms with van der Waals surface area (Å²) in [5, 5.41) is 9.47. The number of aryl methyl sites for hydroxylation is 1. The van der Waals surface area contributed by atoms with Crippen LogP contribution in [0, 0.1) is 6.92 Å². The lowest BCUT2D eigenvalue weighted by Crippen LogP contribution is -2.39. The van der Waals surface area contributed by atoms with Gasteiger partial charge in [0.15, 0.2) is 5.96 Å². The number of anilines is 1. The number of nitrogens with one attached hydrogen (secondary N) is 3. The fraction of sp³-hybridized carbons (Fsp3) is 0.364. The van der Waals surface area contributed by atoms with Crippen LogP contribution >= 0.6 is 0 Å². The maximum absolute atomic E-state index is 12.0. The fourth-order valence-corrected chi connectivity index (χ4v) is 3.25. The summed E-state index contributed by atoms with van der Waals surface area (Å²) in [6, 6.07) is 15.9. The van der Waals surface area contributed by atoms with Gasteiger partial charge in [-0.2, -0.15) is 0 Å². The molecule has 0 radical (unpaired) electrons. The van der Waals surface area contributed by atoms with Crippen molar-refractivity contribution in [2.75, 3.05) is 31.6 Å². The van der Waals surface area contributed by atoms with Gasteiger partial charge in [-0.15, -0.1) is 0 Å². The van der Waals surface area contributed by atoms with Crippen molar-refractivity contribution in [1.82, 2.24) is 10.6 Å². The van der Waals surface area contributed by atoms with Gasteiger partial charge in [-0.1, -0.05) is 30.3 Å². The van der Waals surface area contributed by atoms with E-state index in [1.807, 2.05) is 56.3 Å². The van der Waals surface area contributed by atoms with E-state index in [2.05, 4.69) is 27.0 Å². The van der Waals surface area contributed by atoms with E-state index in [0.29, 0.717) is 26.1 Å². The fourth-order valence-electron chi connectivity index (χ4n) is 3.25. The minimum Gasteiger partial charge on any atom is -0.492 e. The maximum Gasteiger partial charge on any atom is 0.225 e. The lowest BCUT2D eigenvalue weighted by Gasteiger charge is -2.24. The van der Waals surface area contributed by atoms with Crippen LogP contribution in [0.15, 0.2) is 53.5 Å². The van der Waals surface area contributed by atoms with Crippen molar-refractivity contribution in [3.05, 3.63) is 59.7 Å².